The van der Waals surface area contributed by atoms with E-state index < -0.39 is 7.60 Å². The second-order valence-corrected chi connectivity index (χ2v) is 15.2. The van der Waals surface area contributed by atoms with Crippen molar-refractivity contribution in [3.63, 3.8) is 0 Å². The molecule has 0 radical (unpaired) electrons. The van der Waals surface area contributed by atoms with Crippen LogP contribution in [0, 0.1) is 26.7 Å². The number of ketones is 1. The van der Waals surface area contributed by atoms with E-state index in [2.05, 4.69) is 59.1 Å². The highest BCUT2D eigenvalue weighted by Crippen LogP contribution is 2.43. The van der Waals surface area contributed by atoms with Gasteiger partial charge in [-0.2, -0.15) is 0 Å². The van der Waals surface area contributed by atoms with E-state index in [9.17, 15) is 19.5 Å². The molecule has 2 N–H and O–H groups in total. The Kier molecular flexibility index (Phi) is 9.70. The molecule has 7 nitrogen and oxygen atoms in total. The predicted molar refractivity (Wildman–Crippen MR) is 191 cm³/mol. The van der Waals surface area contributed by atoms with E-state index in [0.717, 1.165) is 66.9 Å². The maximum Gasteiger partial charge on any atom is 0.328 e. The smallest absolute Gasteiger partial charge is 0.328 e. The fourth-order valence-corrected chi connectivity index (χ4v) is 8.88. The third-order valence-electron chi connectivity index (χ3n) is 9.82. The van der Waals surface area contributed by atoms with Gasteiger partial charge in [0.1, 0.15) is 0 Å². The van der Waals surface area contributed by atoms with Crippen LogP contribution in [0.25, 0.3) is 32.6 Å². The summed E-state index contributed by atoms with van der Waals surface area (Å²) >= 11 is 0. The molecule has 4 aromatic carbocycles. The van der Waals surface area contributed by atoms with E-state index >= 15 is 0 Å². The Labute approximate surface area is 276 Å². The zero-order chi connectivity index (χ0) is 33.3. The SMILES string of the molecule is CCOP(=O)(O)CCC/C(=N\O)c1ccc2c(c1)c1cc(C(=O)c3c(C)cc(C)cc3C)c3ccccc3c1n2CC1CCCCC1. The molecule has 0 aliphatic heterocycles. The summed E-state index contributed by atoms with van der Waals surface area (Å²) in [6.45, 7) is 8.83. The Morgan fingerprint density at radius 1 is 0.936 bits per heavy atom. The van der Waals surface area contributed by atoms with E-state index in [1.165, 1.54) is 32.1 Å². The highest BCUT2D eigenvalue weighted by Gasteiger charge is 2.25. The first-order valence-electron chi connectivity index (χ1n) is 16.9. The van der Waals surface area contributed by atoms with Crippen molar-refractivity contribution in [2.75, 3.05) is 12.8 Å². The van der Waals surface area contributed by atoms with Crippen LogP contribution in [0.2, 0.25) is 0 Å². The lowest BCUT2D eigenvalue weighted by Crippen LogP contribution is -2.14. The topological polar surface area (TPSA) is 101 Å². The number of nitrogens with zero attached hydrogens (tertiary/aromatic N) is 2. The van der Waals surface area contributed by atoms with Crippen LogP contribution in [0.1, 0.15) is 90.0 Å². The van der Waals surface area contributed by atoms with Gasteiger partial charge in [-0.05, 0) is 94.0 Å². The molecule has 1 aromatic heterocycles. The highest BCUT2D eigenvalue weighted by molar-refractivity contribution is 7.52. The molecule has 5 aromatic rings. The molecule has 8 heteroatoms. The molecule has 1 saturated carbocycles. The standard InChI is InChI=1S/C39H45N2O5P/c1-5-46-47(44,45)19-11-16-35(40-43)29-17-18-36-32(22-29)33-23-34(39(42)37-26(3)20-25(2)21-27(37)4)30-14-9-10-15-31(30)38(33)41(36)24-28-12-7-6-8-13-28/h9-10,14-15,17-18,20-23,28,43H,5-8,11-13,16,19,24H2,1-4H3,(H,44,45)/b40-35+. The normalized spacial score (nSPS) is 15.9. The van der Waals surface area contributed by atoms with Gasteiger partial charge in [0.15, 0.2) is 5.78 Å². The quantitative estimate of drug-likeness (QED) is 0.0486. The summed E-state index contributed by atoms with van der Waals surface area (Å²) in [6.07, 6.45) is 6.85. The van der Waals surface area contributed by atoms with Crippen molar-refractivity contribution in [1.29, 1.82) is 0 Å². The van der Waals surface area contributed by atoms with Gasteiger partial charge in [-0.25, -0.2) is 0 Å². The molecule has 0 amide bonds. The van der Waals surface area contributed by atoms with Gasteiger partial charge in [0.2, 0.25) is 0 Å². The van der Waals surface area contributed by atoms with Gasteiger partial charge >= 0.3 is 7.60 Å². The number of benzene rings is 4. The second kappa shape index (κ2) is 13.8. The van der Waals surface area contributed by atoms with Crippen molar-refractivity contribution in [1.82, 2.24) is 4.57 Å². The van der Waals surface area contributed by atoms with Crippen LogP contribution in [0.15, 0.2) is 65.8 Å². The maximum absolute atomic E-state index is 14.5. The Bertz CT molecular complexity index is 2030. The number of hydrogen-bond donors (Lipinski definition) is 2. The number of aryl methyl sites for hydroxylation is 3. The average molecular weight is 653 g/mol. The maximum atomic E-state index is 14.5. The third kappa shape index (κ3) is 6.67. The third-order valence-corrected chi connectivity index (χ3v) is 11.4. The molecule has 6 rings (SSSR count). The van der Waals surface area contributed by atoms with Crippen molar-refractivity contribution < 1.29 is 24.0 Å². The number of hydrogen-bond acceptors (Lipinski definition) is 5. The fraction of sp³-hybridized carbons (Fsp3) is 0.385. The molecule has 0 saturated heterocycles. The van der Waals surface area contributed by atoms with Crippen molar-refractivity contribution in [2.45, 2.75) is 79.2 Å². The molecule has 0 bridgehead atoms. The number of carbonyl (C=O) groups is 1. The van der Waals surface area contributed by atoms with Gasteiger partial charge in [-0.1, -0.05) is 72.4 Å². The minimum Gasteiger partial charge on any atom is -0.411 e. The van der Waals surface area contributed by atoms with Crippen LogP contribution < -0.4 is 0 Å². The van der Waals surface area contributed by atoms with Crippen LogP contribution in [0.3, 0.4) is 0 Å². The number of rotatable bonds is 11. The molecule has 1 aliphatic rings. The molecular formula is C39H45N2O5P. The molecule has 1 aliphatic carbocycles. The molecule has 47 heavy (non-hydrogen) atoms. The van der Waals surface area contributed by atoms with Crippen LogP contribution in [-0.2, 0) is 15.6 Å². The Morgan fingerprint density at radius 3 is 2.32 bits per heavy atom. The van der Waals surface area contributed by atoms with Crippen molar-refractivity contribution in [3.8, 4) is 0 Å². The van der Waals surface area contributed by atoms with Gasteiger partial charge in [-0.3, -0.25) is 9.36 Å². The zero-order valence-corrected chi connectivity index (χ0v) is 28.8. The molecule has 1 fully saturated rings. The number of carbonyl (C=O) groups excluding carboxylic acids is 1. The lowest BCUT2D eigenvalue weighted by atomic mass is 9.89. The molecule has 0 spiro atoms. The van der Waals surface area contributed by atoms with Gasteiger partial charge in [0, 0.05) is 44.9 Å². The number of aromatic nitrogens is 1. The largest absolute Gasteiger partial charge is 0.411 e. The first-order valence-corrected chi connectivity index (χ1v) is 18.7. The second-order valence-electron chi connectivity index (χ2n) is 13.2. The predicted octanol–water partition coefficient (Wildman–Crippen LogP) is 9.86. The fourth-order valence-electron chi connectivity index (χ4n) is 7.79. The first kappa shape index (κ1) is 33.1. The lowest BCUT2D eigenvalue weighted by Gasteiger charge is -2.23. The number of fused-ring (bicyclic) bond motifs is 5. The Hall–Kier alpha value is -3.77. The average Bonchev–Trinajstić information content (AvgIpc) is 3.35. The molecular weight excluding hydrogens is 607 g/mol. The minimum atomic E-state index is -3.68. The van der Waals surface area contributed by atoms with Gasteiger partial charge in [0.25, 0.3) is 0 Å². The molecule has 1 atom stereocenters. The Morgan fingerprint density at radius 2 is 1.64 bits per heavy atom. The summed E-state index contributed by atoms with van der Waals surface area (Å²) in [5.74, 6) is 0.594. The van der Waals surface area contributed by atoms with Crippen LogP contribution in [0.5, 0.6) is 0 Å². The molecule has 1 heterocycles. The first-order chi connectivity index (χ1) is 22.6. The summed E-state index contributed by atoms with van der Waals surface area (Å²) in [6, 6.07) is 20.6. The van der Waals surface area contributed by atoms with Crippen LogP contribution >= 0.6 is 7.60 Å². The number of oxime groups is 1. The molecule has 1 unspecified atom stereocenters. The van der Waals surface area contributed by atoms with Gasteiger partial charge < -0.3 is 19.2 Å². The van der Waals surface area contributed by atoms with E-state index in [1.54, 1.807) is 6.92 Å². The van der Waals surface area contributed by atoms with E-state index in [0.29, 0.717) is 30.0 Å². The van der Waals surface area contributed by atoms with Gasteiger partial charge in [-0.15, -0.1) is 0 Å². The minimum absolute atomic E-state index is 0.0158. The Balaban J connectivity index is 1.54. The van der Waals surface area contributed by atoms with Crippen molar-refractivity contribution in [2.24, 2.45) is 11.1 Å². The van der Waals surface area contributed by atoms with Crippen LogP contribution in [-0.4, -0.2) is 38.9 Å². The summed E-state index contributed by atoms with van der Waals surface area (Å²) in [4.78, 5) is 24.5. The summed E-state index contributed by atoms with van der Waals surface area (Å²) in [5, 5.41) is 17.7. The zero-order valence-electron chi connectivity index (χ0n) is 27.9. The van der Waals surface area contributed by atoms with Crippen LogP contribution in [0.4, 0.5) is 0 Å². The summed E-state index contributed by atoms with van der Waals surface area (Å²) in [5.41, 5.74) is 7.89. The van der Waals surface area contributed by atoms with E-state index in [-0.39, 0.29) is 18.6 Å². The van der Waals surface area contributed by atoms with Crippen molar-refractivity contribution >= 4 is 51.7 Å². The summed E-state index contributed by atoms with van der Waals surface area (Å²) in [7, 11) is -3.68. The highest BCUT2D eigenvalue weighted by atomic mass is 31.2. The van der Waals surface area contributed by atoms with Gasteiger partial charge in [0.05, 0.1) is 24.0 Å². The van der Waals surface area contributed by atoms with E-state index in [1.807, 2.05) is 32.0 Å². The monoisotopic (exact) mass is 652 g/mol. The summed E-state index contributed by atoms with van der Waals surface area (Å²) < 4.78 is 19.7. The molecule has 246 valence electrons. The van der Waals surface area contributed by atoms with Crippen molar-refractivity contribution in [3.05, 3.63) is 94.0 Å². The van der Waals surface area contributed by atoms with E-state index in [4.69, 9.17) is 4.52 Å². The lowest BCUT2D eigenvalue weighted by molar-refractivity contribution is 0.103.